The summed E-state index contributed by atoms with van der Waals surface area (Å²) in [4.78, 5) is 0. The van der Waals surface area contributed by atoms with E-state index in [1.165, 1.54) is 17.5 Å². The monoisotopic (exact) mass is 283 g/mol. The molecular weight excluding hydrogens is 258 g/mol. The Hall–Kier alpha value is -1.80. The molecule has 0 aromatic heterocycles. The average molecular weight is 283 g/mol. The highest BCUT2D eigenvalue weighted by Gasteiger charge is 1.99. The number of nitrogens with one attached hydrogen (secondary N) is 1. The first-order valence-corrected chi connectivity index (χ1v) is 7.88. The number of rotatable bonds is 8. The van der Waals surface area contributed by atoms with Gasteiger partial charge in [-0.2, -0.15) is 0 Å². The van der Waals surface area contributed by atoms with Gasteiger partial charge in [-0.1, -0.05) is 44.5 Å². The minimum Gasteiger partial charge on any atom is -0.457 e. The standard InChI is InChI=1S/C19H25NO/c1-3-5-16-6-10-18(11-7-16)21-19-12-8-17(9-13-19)15-20-14-4-2/h6-13,20H,3-5,14-15H2,1-2H3. The maximum Gasteiger partial charge on any atom is 0.127 e. The highest BCUT2D eigenvalue weighted by atomic mass is 16.5. The van der Waals surface area contributed by atoms with Crippen molar-refractivity contribution in [3.05, 3.63) is 59.7 Å². The Morgan fingerprint density at radius 2 is 1.33 bits per heavy atom. The van der Waals surface area contributed by atoms with Gasteiger partial charge >= 0.3 is 0 Å². The van der Waals surface area contributed by atoms with Gasteiger partial charge in [0, 0.05) is 6.54 Å². The Morgan fingerprint density at radius 3 is 1.86 bits per heavy atom. The first-order chi connectivity index (χ1) is 10.3. The third-order valence-corrected chi connectivity index (χ3v) is 3.38. The van der Waals surface area contributed by atoms with Gasteiger partial charge in [-0.15, -0.1) is 0 Å². The van der Waals surface area contributed by atoms with Crippen LogP contribution < -0.4 is 10.1 Å². The van der Waals surface area contributed by atoms with Gasteiger partial charge in [0.15, 0.2) is 0 Å². The lowest BCUT2D eigenvalue weighted by molar-refractivity contribution is 0.482. The molecule has 0 saturated carbocycles. The van der Waals surface area contributed by atoms with Gasteiger partial charge in [-0.05, 0) is 54.8 Å². The van der Waals surface area contributed by atoms with Crippen molar-refractivity contribution in [2.75, 3.05) is 6.54 Å². The summed E-state index contributed by atoms with van der Waals surface area (Å²) in [6.07, 6.45) is 3.46. The summed E-state index contributed by atoms with van der Waals surface area (Å²) < 4.78 is 5.87. The van der Waals surface area contributed by atoms with E-state index in [1.807, 2.05) is 24.3 Å². The summed E-state index contributed by atoms with van der Waals surface area (Å²) in [5, 5.41) is 3.40. The molecular formula is C19H25NO. The summed E-state index contributed by atoms with van der Waals surface area (Å²) in [7, 11) is 0. The van der Waals surface area contributed by atoms with E-state index in [0.29, 0.717) is 0 Å². The number of benzene rings is 2. The molecule has 2 aromatic carbocycles. The molecule has 0 spiro atoms. The molecule has 0 aliphatic carbocycles. The Bertz CT molecular complexity index is 516. The van der Waals surface area contributed by atoms with Crippen LogP contribution in [0.25, 0.3) is 0 Å². The summed E-state index contributed by atoms with van der Waals surface area (Å²) in [5.74, 6) is 1.78. The molecule has 0 aliphatic heterocycles. The third-order valence-electron chi connectivity index (χ3n) is 3.38. The fourth-order valence-corrected chi connectivity index (χ4v) is 2.23. The first kappa shape index (κ1) is 15.6. The van der Waals surface area contributed by atoms with Crippen LogP contribution in [0.2, 0.25) is 0 Å². The first-order valence-electron chi connectivity index (χ1n) is 7.88. The van der Waals surface area contributed by atoms with Crippen molar-refractivity contribution < 1.29 is 4.74 Å². The van der Waals surface area contributed by atoms with Gasteiger partial charge in [0.05, 0.1) is 0 Å². The number of hydrogen-bond acceptors (Lipinski definition) is 2. The molecule has 112 valence electrons. The number of aryl methyl sites for hydroxylation is 1. The normalized spacial score (nSPS) is 10.6. The van der Waals surface area contributed by atoms with Crippen molar-refractivity contribution in [1.29, 1.82) is 0 Å². The Morgan fingerprint density at radius 1 is 0.762 bits per heavy atom. The average Bonchev–Trinajstić information content (AvgIpc) is 2.51. The summed E-state index contributed by atoms with van der Waals surface area (Å²) in [5.41, 5.74) is 2.65. The van der Waals surface area contributed by atoms with E-state index >= 15 is 0 Å². The molecule has 0 aliphatic rings. The van der Waals surface area contributed by atoms with Gasteiger partial charge in [0.2, 0.25) is 0 Å². The van der Waals surface area contributed by atoms with E-state index in [4.69, 9.17) is 4.74 Å². The molecule has 21 heavy (non-hydrogen) atoms. The smallest absolute Gasteiger partial charge is 0.127 e. The lowest BCUT2D eigenvalue weighted by Crippen LogP contribution is -2.13. The Labute approximate surface area is 128 Å². The van der Waals surface area contributed by atoms with Gasteiger partial charge in [-0.3, -0.25) is 0 Å². The summed E-state index contributed by atoms with van der Waals surface area (Å²) >= 11 is 0. The van der Waals surface area contributed by atoms with Crippen molar-refractivity contribution in [2.45, 2.75) is 39.7 Å². The fourth-order valence-electron chi connectivity index (χ4n) is 2.23. The molecule has 0 fully saturated rings. The highest BCUT2D eigenvalue weighted by molar-refractivity contribution is 5.34. The highest BCUT2D eigenvalue weighted by Crippen LogP contribution is 2.22. The van der Waals surface area contributed by atoms with E-state index in [2.05, 4.69) is 43.4 Å². The quantitative estimate of drug-likeness (QED) is 0.693. The van der Waals surface area contributed by atoms with Crippen molar-refractivity contribution in [3.8, 4) is 11.5 Å². The molecule has 2 nitrogen and oxygen atoms in total. The van der Waals surface area contributed by atoms with E-state index in [0.717, 1.165) is 37.4 Å². The van der Waals surface area contributed by atoms with Crippen LogP contribution >= 0.6 is 0 Å². The molecule has 0 radical (unpaired) electrons. The van der Waals surface area contributed by atoms with Gasteiger partial charge in [-0.25, -0.2) is 0 Å². The Kier molecular flexibility index (Phi) is 6.29. The summed E-state index contributed by atoms with van der Waals surface area (Å²) in [6.45, 7) is 6.35. The SMILES string of the molecule is CCCNCc1ccc(Oc2ccc(CCC)cc2)cc1. The second kappa shape index (κ2) is 8.48. The molecule has 0 unspecified atom stereocenters. The van der Waals surface area contributed by atoms with Crippen LogP contribution in [0, 0.1) is 0 Å². The lowest BCUT2D eigenvalue weighted by Gasteiger charge is -2.08. The van der Waals surface area contributed by atoms with E-state index in [1.54, 1.807) is 0 Å². The van der Waals surface area contributed by atoms with Crippen LogP contribution in [0.15, 0.2) is 48.5 Å². The Balaban J connectivity index is 1.90. The van der Waals surface area contributed by atoms with Crippen LogP contribution in [-0.2, 0) is 13.0 Å². The van der Waals surface area contributed by atoms with Crippen molar-refractivity contribution >= 4 is 0 Å². The van der Waals surface area contributed by atoms with Crippen LogP contribution in [0.3, 0.4) is 0 Å². The molecule has 2 rings (SSSR count). The molecule has 2 aromatic rings. The minimum absolute atomic E-state index is 0.887. The zero-order valence-electron chi connectivity index (χ0n) is 13.1. The molecule has 0 saturated heterocycles. The van der Waals surface area contributed by atoms with Crippen LogP contribution in [0.5, 0.6) is 11.5 Å². The minimum atomic E-state index is 0.887. The molecule has 0 bridgehead atoms. The van der Waals surface area contributed by atoms with Crippen molar-refractivity contribution in [3.63, 3.8) is 0 Å². The summed E-state index contributed by atoms with van der Waals surface area (Å²) in [6, 6.07) is 16.7. The largest absolute Gasteiger partial charge is 0.457 e. The number of hydrogen-bond donors (Lipinski definition) is 1. The molecule has 0 amide bonds. The zero-order chi connectivity index (χ0) is 14.9. The molecule has 0 atom stereocenters. The van der Waals surface area contributed by atoms with Crippen molar-refractivity contribution in [2.24, 2.45) is 0 Å². The number of ether oxygens (including phenoxy) is 1. The fraction of sp³-hybridized carbons (Fsp3) is 0.368. The zero-order valence-corrected chi connectivity index (χ0v) is 13.1. The molecule has 2 heteroatoms. The van der Waals surface area contributed by atoms with E-state index < -0.39 is 0 Å². The third kappa shape index (κ3) is 5.24. The predicted octanol–water partition coefficient (Wildman–Crippen LogP) is 4.93. The maximum atomic E-state index is 5.87. The predicted molar refractivity (Wildman–Crippen MR) is 89.0 cm³/mol. The topological polar surface area (TPSA) is 21.3 Å². The van der Waals surface area contributed by atoms with Gasteiger partial charge < -0.3 is 10.1 Å². The van der Waals surface area contributed by atoms with Gasteiger partial charge in [0.25, 0.3) is 0 Å². The van der Waals surface area contributed by atoms with Gasteiger partial charge in [0.1, 0.15) is 11.5 Å². The van der Waals surface area contributed by atoms with Crippen LogP contribution in [0.1, 0.15) is 37.8 Å². The van der Waals surface area contributed by atoms with E-state index in [9.17, 15) is 0 Å². The van der Waals surface area contributed by atoms with E-state index in [-0.39, 0.29) is 0 Å². The van der Waals surface area contributed by atoms with Crippen molar-refractivity contribution in [1.82, 2.24) is 5.32 Å². The second-order valence-electron chi connectivity index (χ2n) is 5.32. The lowest BCUT2D eigenvalue weighted by atomic mass is 10.1. The molecule has 1 N–H and O–H groups in total. The maximum absolute atomic E-state index is 5.87. The van der Waals surface area contributed by atoms with Crippen LogP contribution in [-0.4, -0.2) is 6.54 Å². The second-order valence-corrected chi connectivity index (χ2v) is 5.32. The molecule has 0 heterocycles. The van der Waals surface area contributed by atoms with Crippen LogP contribution in [0.4, 0.5) is 0 Å².